The molecule has 1 amide bonds. The van der Waals surface area contributed by atoms with E-state index in [1.54, 1.807) is 11.6 Å². The molecule has 0 spiro atoms. The van der Waals surface area contributed by atoms with Crippen molar-refractivity contribution < 1.29 is 4.79 Å². The van der Waals surface area contributed by atoms with E-state index in [0.717, 1.165) is 23.4 Å². The van der Waals surface area contributed by atoms with Gasteiger partial charge in [0.05, 0.1) is 5.69 Å². The summed E-state index contributed by atoms with van der Waals surface area (Å²) in [6, 6.07) is 11.4. The fraction of sp³-hybridized carbons (Fsp3) is 0.250. The van der Waals surface area contributed by atoms with E-state index < -0.39 is 0 Å². The number of amides is 1. The lowest BCUT2D eigenvalue weighted by molar-refractivity contribution is -0.116. The number of anilines is 2. The molecule has 0 aliphatic rings. The molecule has 0 unspecified atom stereocenters. The van der Waals surface area contributed by atoms with Crippen LogP contribution in [0, 0.1) is 0 Å². The Morgan fingerprint density at radius 2 is 2.09 bits per heavy atom. The molecule has 0 bridgehead atoms. The molecule has 0 saturated carbocycles. The molecule has 7 nitrogen and oxygen atoms in total. The van der Waals surface area contributed by atoms with Crippen molar-refractivity contribution in [2.75, 3.05) is 17.7 Å². The second-order valence-corrected chi connectivity index (χ2v) is 5.14. The van der Waals surface area contributed by atoms with E-state index in [0.29, 0.717) is 18.0 Å². The van der Waals surface area contributed by atoms with Gasteiger partial charge in [-0.3, -0.25) is 4.79 Å². The van der Waals surface area contributed by atoms with Crippen LogP contribution in [0.15, 0.2) is 36.4 Å². The summed E-state index contributed by atoms with van der Waals surface area (Å²) in [6.45, 7) is 1.98. The van der Waals surface area contributed by atoms with Gasteiger partial charge in [0.15, 0.2) is 5.65 Å². The van der Waals surface area contributed by atoms with Gasteiger partial charge >= 0.3 is 0 Å². The van der Waals surface area contributed by atoms with Crippen molar-refractivity contribution in [3.05, 3.63) is 36.4 Å². The Hall–Kier alpha value is -2.96. The van der Waals surface area contributed by atoms with E-state index in [1.807, 2.05) is 43.3 Å². The first-order chi connectivity index (χ1) is 11.2. The molecule has 0 saturated heterocycles. The highest BCUT2D eigenvalue weighted by atomic mass is 16.1. The zero-order chi connectivity index (χ0) is 16.2. The summed E-state index contributed by atoms with van der Waals surface area (Å²) < 4.78 is 1.65. The normalized spacial score (nSPS) is 10.7. The Balaban J connectivity index is 1.93. The fourth-order valence-electron chi connectivity index (χ4n) is 2.31. The summed E-state index contributed by atoms with van der Waals surface area (Å²) in [5.41, 5.74) is 3.13. The van der Waals surface area contributed by atoms with E-state index in [9.17, 15) is 4.79 Å². The Labute approximate surface area is 133 Å². The first-order valence-electron chi connectivity index (χ1n) is 7.51. The second kappa shape index (κ2) is 6.43. The smallest absolute Gasteiger partial charge is 0.245 e. The zero-order valence-electron chi connectivity index (χ0n) is 13.1. The lowest BCUT2D eigenvalue weighted by atomic mass is 10.1. The van der Waals surface area contributed by atoms with E-state index in [-0.39, 0.29) is 5.91 Å². The molecular formula is C16H18N6O. The summed E-state index contributed by atoms with van der Waals surface area (Å²) in [6.07, 6.45) is 1.34. The molecule has 2 N–H and O–H groups in total. The van der Waals surface area contributed by atoms with Crippen LogP contribution in [0.25, 0.3) is 16.9 Å². The minimum atomic E-state index is 0.0179. The molecule has 118 valence electrons. The monoisotopic (exact) mass is 310 g/mol. The van der Waals surface area contributed by atoms with Crippen LogP contribution in [0.2, 0.25) is 0 Å². The highest BCUT2D eigenvalue weighted by molar-refractivity contribution is 5.91. The van der Waals surface area contributed by atoms with Gasteiger partial charge < -0.3 is 10.6 Å². The molecule has 3 rings (SSSR count). The third kappa shape index (κ3) is 3.13. The van der Waals surface area contributed by atoms with Crippen LogP contribution >= 0.6 is 0 Å². The van der Waals surface area contributed by atoms with Crippen molar-refractivity contribution >= 4 is 23.2 Å². The largest absolute Gasteiger partial charge is 0.356 e. The quantitative estimate of drug-likeness (QED) is 0.756. The van der Waals surface area contributed by atoms with Crippen LogP contribution < -0.4 is 10.6 Å². The van der Waals surface area contributed by atoms with Crippen LogP contribution in [0.1, 0.15) is 19.8 Å². The number of aromatic nitrogens is 4. The van der Waals surface area contributed by atoms with Gasteiger partial charge in [0.2, 0.25) is 11.9 Å². The summed E-state index contributed by atoms with van der Waals surface area (Å²) in [7, 11) is 1.77. The molecule has 0 radical (unpaired) electrons. The Kier molecular flexibility index (Phi) is 4.18. The highest BCUT2D eigenvalue weighted by Crippen LogP contribution is 2.22. The molecule has 3 aromatic rings. The number of rotatable bonds is 5. The molecule has 0 aliphatic carbocycles. The van der Waals surface area contributed by atoms with Gasteiger partial charge in [0.1, 0.15) is 0 Å². The molecule has 1 aromatic carbocycles. The number of hydrogen-bond donors (Lipinski definition) is 2. The fourth-order valence-corrected chi connectivity index (χ4v) is 2.31. The number of carbonyl (C=O) groups excluding carboxylic acids is 1. The van der Waals surface area contributed by atoms with Crippen molar-refractivity contribution in [3.8, 4) is 11.3 Å². The van der Waals surface area contributed by atoms with Crippen LogP contribution in [0.4, 0.5) is 11.6 Å². The third-order valence-corrected chi connectivity index (χ3v) is 3.41. The standard InChI is InChI=1S/C16H18N6O/c1-3-5-15(23)18-12-7-4-6-11(10-12)13-8-9-14-19-20-16(17-2)22(14)21-13/h4,6-10H,3,5H2,1-2H3,(H,17,20)(H,18,23). The predicted octanol–water partition coefficient (Wildman–Crippen LogP) is 2.57. The maximum absolute atomic E-state index is 11.7. The number of nitrogens with zero attached hydrogens (tertiary/aromatic N) is 4. The number of benzene rings is 1. The molecule has 0 fully saturated rings. The number of carbonyl (C=O) groups is 1. The minimum Gasteiger partial charge on any atom is -0.356 e. The molecule has 7 heteroatoms. The average Bonchev–Trinajstić information content (AvgIpc) is 2.97. The van der Waals surface area contributed by atoms with Crippen molar-refractivity contribution in [2.45, 2.75) is 19.8 Å². The Bertz CT molecular complexity index is 841. The Morgan fingerprint density at radius 3 is 2.87 bits per heavy atom. The van der Waals surface area contributed by atoms with Gasteiger partial charge in [0.25, 0.3) is 0 Å². The number of nitrogens with one attached hydrogen (secondary N) is 2. The summed E-state index contributed by atoms with van der Waals surface area (Å²) >= 11 is 0. The van der Waals surface area contributed by atoms with Gasteiger partial charge in [-0.2, -0.15) is 9.61 Å². The Morgan fingerprint density at radius 1 is 1.22 bits per heavy atom. The average molecular weight is 310 g/mol. The van der Waals surface area contributed by atoms with Crippen LogP contribution in [0.3, 0.4) is 0 Å². The van der Waals surface area contributed by atoms with E-state index in [1.165, 1.54) is 0 Å². The van der Waals surface area contributed by atoms with Crippen molar-refractivity contribution in [1.82, 2.24) is 19.8 Å². The third-order valence-electron chi connectivity index (χ3n) is 3.41. The van der Waals surface area contributed by atoms with Gasteiger partial charge in [-0.05, 0) is 30.7 Å². The summed E-state index contributed by atoms with van der Waals surface area (Å²) in [4.78, 5) is 11.7. The van der Waals surface area contributed by atoms with Crippen LogP contribution in [-0.2, 0) is 4.79 Å². The van der Waals surface area contributed by atoms with Gasteiger partial charge in [-0.25, -0.2) is 0 Å². The van der Waals surface area contributed by atoms with Gasteiger partial charge in [-0.15, -0.1) is 10.2 Å². The number of hydrogen-bond acceptors (Lipinski definition) is 5. The van der Waals surface area contributed by atoms with Crippen molar-refractivity contribution in [3.63, 3.8) is 0 Å². The second-order valence-electron chi connectivity index (χ2n) is 5.14. The van der Waals surface area contributed by atoms with E-state index >= 15 is 0 Å². The molecule has 2 aromatic heterocycles. The van der Waals surface area contributed by atoms with Crippen molar-refractivity contribution in [1.29, 1.82) is 0 Å². The maximum Gasteiger partial charge on any atom is 0.245 e. The van der Waals surface area contributed by atoms with E-state index in [4.69, 9.17) is 0 Å². The predicted molar refractivity (Wildman–Crippen MR) is 89.3 cm³/mol. The molecular weight excluding hydrogens is 292 g/mol. The van der Waals surface area contributed by atoms with Gasteiger partial charge in [-0.1, -0.05) is 19.1 Å². The lowest BCUT2D eigenvalue weighted by Gasteiger charge is -2.07. The molecule has 0 aliphatic heterocycles. The first-order valence-corrected chi connectivity index (χ1v) is 7.51. The van der Waals surface area contributed by atoms with Gasteiger partial charge in [0, 0.05) is 24.7 Å². The SMILES string of the molecule is CCCC(=O)Nc1cccc(-c2ccc3nnc(NC)n3n2)c1. The molecule has 23 heavy (non-hydrogen) atoms. The topological polar surface area (TPSA) is 84.2 Å². The minimum absolute atomic E-state index is 0.0179. The molecule has 0 atom stereocenters. The first kappa shape index (κ1) is 15.0. The molecule has 2 heterocycles. The lowest BCUT2D eigenvalue weighted by Crippen LogP contribution is -2.10. The summed E-state index contributed by atoms with van der Waals surface area (Å²) in [5, 5.41) is 18.4. The summed E-state index contributed by atoms with van der Waals surface area (Å²) in [5.74, 6) is 0.596. The zero-order valence-corrected chi connectivity index (χ0v) is 13.1. The van der Waals surface area contributed by atoms with Crippen molar-refractivity contribution in [2.24, 2.45) is 0 Å². The maximum atomic E-state index is 11.7. The number of fused-ring (bicyclic) bond motifs is 1. The van der Waals surface area contributed by atoms with Crippen LogP contribution in [-0.4, -0.2) is 32.8 Å². The van der Waals surface area contributed by atoms with Crippen LogP contribution in [0.5, 0.6) is 0 Å². The highest BCUT2D eigenvalue weighted by Gasteiger charge is 2.08. The van der Waals surface area contributed by atoms with E-state index in [2.05, 4.69) is 25.9 Å².